The van der Waals surface area contributed by atoms with E-state index in [0.717, 1.165) is 13.2 Å². The van der Waals surface area contributed by atoms with Crippen LogP contribution in [0.1, 0.15) is 121 Å². The molecule has 0 aliphatic carbocycles. The molecule has 0 bridgehead atoms. The first-order valence-corrected chi connectivity index (χ1v) is 9.83. The molecule has 0 N–H and O–H groups in total. The maximum Gasteiger partial charge on any atom is 0.0515 e. The van der Waals surface area contributed by atoms with Gasteiger partial charge >= 0.3 is 0 Å². The predicted octanol–water partition coefficient (Wildman–Crippen LogP) is 10.5. The molecule has 0 radical (unpaired) electrons. The van der Waals surface area contributed by atoms with Crippen LogP contribution in [0.3, 0.4) is 0 Å². The van der Waals surface area contributed by atoms with Crippen molar-refractivity contribution in [1.82, 2.24) is 4.90 Å². The lowest BCUT2D eigenvalue weighted by molar-refractivity contribution is 0.134. The van der Waals surface area contributed by atoms with Crippen LogP contribution in [0.25, 0.3) is 0 Å². The van der Waals surface area contributed by atoms with Crippen molar-refractivity contribution < 1.29 is 9.47 Å². The number of unbranched alkanes of at least 4 members (excludes halogenated alkanes) is 1. The topological polar surface area (TPSA) is 21.7 Å². The highest BCUT2D eigenvalue weighted by molar-refractivity contribution is 7.98. The van der Waals surface area contributed by atoms with Gasteiger partial charge in [0.15, 0.2) is 0 Å². The fraction of sp³-hybridized carbons (Fsp3) is 1.00. The molecule has 0 atom stereocenters. The van der Waals surface area contributed by atoms with Gasteiger partial charge in [0.05, 0.1) is 6.10 Å². The summed E-state index contributed by atoms with van der Waals surface area (Å²) in [5.74, 6) is 1.24. The first-order valence-electron chi connectivity index (χ1n) is 8.44. The molecule has 0 unspecified atom stereocenters. The minimum absolute atomic E-state index is 0. The van der Waals surface area contributed by atoms with E-state index in [-0.39, 0.29) is 59.4 Å². The van der Waals surface area contributed by atoms with Crippen molar-refractivity contribution in [3.05, 3.63) is 0 Å². The average Bonchev–Trinajstić information content (AvgIpc) is 2.55. The van der Waals surface area contributed by atoms with Crippen LogP contribution in [-0.4, -0.2) is 64.5 Å². The summed E-state index contributed by atoms with van der Waals surface area (Å²) in [4.78, 5) is 2.12. The van der Waals surface area contributed by atoms with Crippen LogP contribution < -0.4 is 0 Å². The van der Waals surface area contributed by atoms with E-state index in [1.807, 2.05) is 32.5 Å². The molecule has 0 aromatic carbocycles. The lowest BCUT2D eigenvalue weighted by Crippen LogP contribution is -2.08. The average molecular weight is 470 g/mol. The summed E-state index contributed by atoms with van der Waals surface area (Å²) < 4.78 is 9.29. The quantitative estimate of drug-likeness (QED) is 0.399. The molecule has 0 amide bonds. The number of thioether (sulfide) groups is 1. The predicted molar refractivity (Wildman–Crippen MR) is 162 cm³/mol. The molecular formula is C26H79NO2S. The van der Waals surface area contributed by atoms with Crippen molar-refractivity contribution in [2.45, 2.75) is 127 Å². The minimum Gasteiger partial charge on any atom is -0.385 e. The van der Waals surface area contributed by atoms with Crippen molar-refractivity contribution in [2.24, 2.45) is 0 Å². The van der Waals surface area contributed by atoms with Crippen molar-refractivity contribution in [3.8, 4) is 0 Å². The molecule has 0 aliphatic heterocycles. The lowest BCUT2D eigenvalue weighted by Gasteiger charge is -2.00. The Balaban J connectivity index is -0.0000000103. The van der Waals surface area contributed by atoms with E-state index in [2.05, 4.69) is 57.7 Å². The maximum atomic E-state index is 4.75. The van der Waals surface area contributed by atoms with Crippen LogP contribution in [0.15, 0.2) is 0 Å². The third-order valence-electron chi connectivity index (χ3n) is 2.18. The van der Waals surface area contributed by atoms with Gasteiger partial charge in [0.25, 0.3) is 0 Å². The largest absolute Gasteiger partial charge is 0.385 e. The molecule has 0 saturated heterocycles. The lowest BCUT2D eigenvalue weighted by atomic mass is 10.4. The second-order valence-corrected chi connectivity index (χ2v) is 5.99. The van der Waals surface area contributed by atoms with Gasteiger partial charge in [-0.3, -0.25) is 0 Å². The molecule has 0 heterocycles. The molecule has 30 heavy (non-hydrogen) atoms. The number of hydrogen-bond acceptors (Lipinski definition) is 4. The highest BCUT2D eigenvalue weighted by Crippen LogP contribution is 1.83. The number of ether oxygens (including phenoxy) is 2. The van der Waals surface area contributed by atoms with Gasteiger partial charge in [0, 0.05) is 20.8 Å². The SMILES string of the molecule is C.C.C.C.C.C.C.C.CCCC.CCN(C)C.CCOC.CCSC.COC(C)C. The molecule has 0 aromatic rings. The molecule has 206 valence electrons. The Kier molecular flexibility index (Phi) is 334. The highest BCUT2D eigenvalue weighted by atomic mass is 32.2. The second kappa shape index (κ2) is 115. The van der Waals surface area contributed by atoms with Crippen LogP contribution in [0.4, 0.5) is 0 Å². The zero-order valence-electron chi connectivity index (χ0n) is 17.8. The monoisotopic (exact) mass is 470 g/mol. The van der Waals surface area contributed by atoms with Crippen molar-refractivity contribution >= 4 is 11.8 Å². The van der Waals surface area contributed by atoms with E-state index >= 15 is 0 Å². The zero-order chi connectivity index (χ0) is 18.8. The molecule has 4 heteroatoms. The van der Waals surface area contributed by atoms with Crippen LogP contribution >= 0.6 is 11.8 Å². The highest BCUT2D eigenvalue weighted by Gasteiger charge is 1.78. The molecule has 0 fully saturated rings. The summed E-state index contributed by atoms with van der Waals surface area (Å²) in [5.41, 5.74) is 0. The van der Waals surface area contributed by atoms with Gasteiger partial charge in [-0.2, -0.15) is 11.8 Å². The van der Waals surface area contributed by atoms with Crippen LogP contribution in [-0.2, 0) is 9.47 Å². The summed E-state index contributed by atoms with van der Waals surface area (Å²) in [5, 5.41) is 0. The van der Waals surface area contributed by atoms with Gasteiger partial charge in [-0.05, 0) is 53.4 Å². The Bertz CT molecular complexity index is 102. The molecular weight excluding hydrogens is 390 g/mol. The molecule has 0 aromatic heterocycles. The summed E-state index contributed by atoms with van der Waals surface area (Å²) in [6, 6.07) is 0. The maximum absolute atomic E-state index is 4.75. The van der Waals surface area contributed by atoms with E-state index in [4.69, 9.17) is 4.74 Å². The molecule has 3 nitrogen and oxygen atoms in total. The Hall–Kier alpha value is 0.230. The second-order valence-electron chi connectivity index (χ2n) is 4.84. The standard InChI is InChI=1S/C4H11N.C4H10O.C4H10.C3H8O.C3H8S.8CH4/c1-4-5(2)3;1-4(2)5-3;3*1-3-4-2;;;;;;;;/h4H2,1-3H3;4H,1-3H3;3-4H2,1-2H3;2*3H2,1-2H3;8*1H4. The van der Waals surface area contributed by atoms with E-state index < -0.39 is 0 Å². The minimum atomic E-state index is 0. The van der Waals surface area contributed by atoms with Crippen molar-refractivity contribution in [2.75, 3.05) is 53.5 Å². The first kappa shape index (κ1) is 87.0. The van der Waals surface area contributed by atoms with Crippen LogP contribution in [0.5, 0.6) is 0 Å². The van der Waals surface area contributed by atoms with Crippen LogP contribution in [0.2, 0.25) is 0 Å². The van der Waals surface area contributed by atoms with Gasteiger partial charge in [0.1, 0.15) is 0 Å². The summed E-state index contributed by atoms with van der Waals surface area (Å²) in [6.45, 7) is 16.5. The van der Waals surface area contributed by atoms with E-state index in [1.54, 1.807) is 14.2 Å². The Morgan fingerprint density at radius 2 is 0.867 bits per heavy atom. The molecule has 0 aliphatic rings. The van der Waals surface area contributed by atoms with Crippen molar-refractivity contribution in [3.63, 3.8) is 0 Å². The van der Waals surface area contributed by atoms with E-state index in [1.165, 1.54) is 18.6 Å². The Labute approximate surface area is 206 Å². The van der Waals surface area contributed by atoms with Gasteiger partial charge in [-0.25, -0.2) is 0 Å². The normalized spacial score (nSPS) is 6.20. The van der Waals surface area contributed by atoms with Gasteiger partial charge in [-0.15, -0.1) is 0 Å². The van der Waals surface area contributed by atoms with E-state index in [0.29, 0.717) is 6.10 Å². The Morgan fingerprint density at radius 3 is 0.867 bits per heavy atom. The van der Waals surface area contributed by atoms with Crippen LogP contribution in [0, 0.1) is 0 Å². The third kappa shape index (κ3) is 400. The number of hydrogen-bond donors (Lipinski definition) is 0. The third-order valence-corrected chi connectivity index (χ3v) is 2.76. The Morgan fingerprint density at radius 1 is 0.700 bits per heavy atom. The summed E-state index contributed by atoms with van der Waals surface area (Å²) in [7, 11) is 7.49. The first-order chi connectivity index (χ1) is 10.3. The van der Waals surface area contributed by atoms with E-state index in [9.17, 15) is 0 Å². The van der Waals surface area contributed by atoms with Crippen molar-refractivity contribution in [1.29, 1.82) is 0 Å². The fourth-order valence-corrected chi connectivity index (χ4v) is 0. The summed E-state index contributed by atoms with van der Waals surface area (Å²) in [6.07, 6.45) is 5.12. The molecule has 0 rings (SSSR count). The molecule has 0 saturated carbocycles. The fourth-order valence-electron chi connectivity index (χ4n) is 0. The zero-order valence-corrected chi connectivity index (χ0v) is 18.6. The summed E-state index contributed by atoms with van der Waals surface area (Å²) >= 11 is 1.86. The van der Waals surface area contributed by atoms with Gasteiger partial charge in [-0.1, -0.05) is 99.9 Å². The smallest absolute Gasteiger partial charge is 0.0515 e. The van der Waals surface area contributed by atoms with Gasteiger partial charge < -0.3 is 14.4 Å². The number of nitrogens with zero attached hydrogens (tertiary/aromatic N) is 1. The molecule has 0 spiro atoms. The van der Waals surface area contributed by atoms with Gasteiger partial charge in [0.2, 0.25) is 0 Å². The number of rotatable bonds is 5. The number of methoxy groups -OCH3 is 2.